The maximum absolute atomic E-state index is 12.0. The smallest absolute Gasteiger partial charge is 0.319 e. The number of hydrogen-bond donors (Lipinski definition) is 2. The number of halogens is 2. The van der Waals surface area contributed by atoms with Crippen molar-refractivity contribution >= 4 is 34.9 Å². The molecule has 0 radical (unpaired) electrons. The topological polar surface area (TPSA) is 53.6 Å². The minimum atomic E-state index is -0.307. The average molecular weight is 360 g/mol. The van der Waals surface area contributed by atoms with E-state index in [1.165, 1.54) is 0 Å². The van der Waals surface area contributed by atoms with E-state index >= 15 is 0 Å². The maximum atomic E-state index is 12.0. The van der Waals surface area contributed by atoms with Gasteiger partial charge in [-0.15, -0.1) is 0 Å². The van der Waals surface area contributed by atoms with E-state index in [9.17, 15) is 4.79 Å². The summed E-state index contributed by atoms with van der Waals surface area (Å²) in [7, 11) is 0. The fourth-order valence-electron chi connectivity index (χ4n) is 2.55. The fourth-order valence-corrected chi connectivity index (χ4v) is 3.01. The Morgan fingerprint density at radius 2 is 2.22 bits per heavy atom. The van der Waals surface area contributed by atoms with Crippen LogP contribution in [0, 0.1) is 5.92 Å². The Labute approximate surface area is 147 Å². The Morgan fingerprint density at radius 3 is 2.91 bits per heavy atom. The van der Waals surface area contributed by atoms with Gasteiger partial charge in [0.25, 0.3) is 0 Å². The molecule has 0 bridgehead atoms. The summed E-state index contributed by atoms with van der Waals surface area (Å²) in [4.78, 5) is 14.3. The predicted octanol–water partition coefficient (Wildman–Crippen LogP) is 3.47. The maximum Gasteiger partial charge on any atom is 0.319 e. The Morgan fingerprint density at radius 1 is 1.43 bits per heavy atom. The highest BCUT2D eigenvalue weighted by atomic mass is 35.5. The van der Waals surface area contributed by atoms with Gasteiger partial charge in [-0.25, -0.2) is 4.79 Å². The minimum absolute atomic E-state index is 0.00828. The second kappa shape index (κ2) is 8.73. The van der Waals surface area contributed by atoms with E-state index in [-0.39, 0.29) is 12.1 Å². The van der Waals surface area contributed by atoms with Gasteiger partial charge in [-0.3, -0.25) is 4.90 Å². The minimum Gasteiger partial charge on any atom is -0.374 e. The van der Waals surface area contributed by atoms with E-state index in [2.05, 4.69) is 29.4 Å². The molecule has 5 nitrogen and oxygen atoms in total. The molecule has 1 aliphatic rings. The van der Waals surface area contributed by atoms with E-state index in [1.54, 1.807) is 18.2 Å². The normalized spacial score (nSPS) is 18.9. The zero-order valence-corrected chi connectivity index (χ0v) is 15.0. The number of benzene rings is 1. The van der Waals surface area contributed by atoms with Crippen molar-refractivity contribution in [1.82, 2.24) is 10.2 Å². The van der Waals surface area contributed by atoms with Gasteiger partial charge in [0.1, 0.15) is 0 Å². The van der Waals surface area contributed by atoms with Crippen LogP contribution in [-0.4, -0.2) is 49.8 Å². The standard InChI is InChI=1S/C16H23Cl2N3O2/c1-11(2)9-21-5-6-23-13(10-21)8-19-16(22)20-15-4-3-12(17)7-14(15)18/h3-4,7,11,13H,5-6,8-10H2,1-2H3,(H2,19,20,22). The molecule has 1 atom stereocenters. The zero-order chi connectivity index (χ0) is 16.8. The molecule has 1 aromatic carbocycles. The number of rotatable bonds is 5. The molecule has 0 aliphatic carbocycles. The summed E-state index contributed by atoms with van der Waals surface area (Å²) in [5.41, 5.74) is 0.527. The van der Waals surface area contributed by atoms with Crippen molar-refractivity contribution in [2.24, 2.45) is 5.92 Å². The molecule has 0 spiro atoms. The Kier molecular flexibility index (Phi) is 6.96. The van der Waals surface area contributed by atoms with E-state index < -0.39 is 0 Å². The van der Waals surface area contributed by atoms with Crippen molar-refractivity contribution in [2.75, 3.05) is 38.1 Å². The predicted molar refractivity (Wildman–Crippen MR) is 94.5 cm³/mol. The molecule has 1 heterocycles. The molecule has 2 rings (SSSR count). The van der Waals surface area contributed by atoms with Crippen molar-refractivity contribution in [3.8, 4) is 0 Å². The summed E-state index contributed by atoms with van der Waals surface area (Å²) in [5, 5.41) is 6.47. The first-order valence-corrected chi connectivity index (χ1v) is 8.53. The number of ether oxygens (including phenoxy) is 1. The molecule has 1 aromatic rings. The van der Waals surface area contributed by atoms with Crippen LogP contribution in [0.1, 0.15) is 13.8 Å². The second-order valence-corrected chi connectivity index (χ2v) is 6.95. The number of nitrogens with one attached hydrogen (secondary N) is 2. The summed E-state index contributed by atoms with van der Waals surface area (Å²) in [6.45, 7) is 8.39. The van der Waals surface area contributed by atoms with Crippen LogP contribution in [0.3, 0.4) is 0 Å². The molecule has 1 aliphatic heterocycles. The fraction of sp³-hybridized carbons (Fsp3) is 0.562. The summed E-state index contributed by atoms with van der Waals surface area (Å²) >= 11 is 11.9. The third kappa shape index (κ3) is 6.18. The van der Waals surface area contributed by atoms with E-state index in [0.717, 1.165) is 19.6 Å². The molecule has 0 saturated carbocycles. The van der Waals surface area contributed by atoms with Gasteiger partial charge < -0.3 is 15.4 Å². The second-order valence-electron chi connectivity index (χ2n) is 6.11. The third-order valence-corrected chi connectivity index (χ3v) is 4.06. The first-order valence-electron chi connectivity index (χ1n) is 7.78. The molecular weight excluding hydrogens is 337 g/mol. The number of urea groups is 1. The number of amides is 2. The van der Waals surface area contributed by atoms with E-state index in [0.29, 0.717) is 34.8 Å². The Balaban J connectivity index is 1.77. The van der Waals surface area contributed by atoms with Crippen LogP contribution in [0.2, 0.25) is 10.0 Å². The van der Waals surface area contributed by atoms with E-state index in [1.807, 2.05) is 0 Å². The van der Waals surface area contributed by atoms with Gasteiger partial charge in [0.05, 0.1) is 23.4 Å². The van der Waals surface area contributed by atoms with Gasteiger partial charge >= 0.3 is 6.03 Å². The Bertz CT molecular complexity index is 540. The molecule has 1 fully saturated rings. The molecule has 1 unspecified atom stereocenters. The van der Waals surface area contributed by atoms with Crippen LogP contribution in [0.4, 0.5) is 10.5 Å². The molecule has 2 amide bonds. The lowest BCUT2D eigenvalue weighted by molar-refractivity contribution is -0.0288. The summed E-state index contributed by atoms with van der Waals surface area (Å²) in [5.74, 6) is 0.622. The van der Waals surface area contributed by atoms with Gasteiger partial charge in [-0.1, -0.05) is 37.0 Å². The highest BCUT2D eigenvalue weighted by Crippen LogP contribution is 2.25. The quantitative estimate of drug-likeness (QED) is 0.846. The van der Waals surface area contributed by atoms with E-state index in [4.69, 9.17) is 27.9 Å². The van der Waals surface area contributed by atoms with Gasteiger partial charge in [-0.2, -0.15) is 0 Å². The van der Waals surface area contributed by atoms with Crippen LogP contribution in [0.25, 0.3) is 0 Å². The lowest BCUT2D eigenvalue weighted by Gasteiger charge is -2.33. The van der Waals surface area contributed by atoms with Crippen LogP contribution in [0.5, 0.6) is 0 Å². The molecular formula is C16H23Cl2N3O2. The number of nitrogens with zero attached hydrogens (tertiary/aromatic N) is 1. The summed E-state index contributed by atoms with van der Waals surface area (Å²) in [6, 6.07) is 4.63. The molecule has 1 saturated heterocycles. The van der Waals surface area contributed by atoms with Gasteiger partial charge in [0.2, 0.25) is 0 Å². The highest BCUT2D eigenvalue weighted by Gasteiger charge is 2.21. The van der Waals surface area contributed by atoms with Gasteiger partial charge in [0.15, 0.2) is 0 Å². The van der Waals surface area contributed by atoms with Crippen molar-refractivity contribution in [3.63, 3.8) is 0 Å². The zero-order valence-electron chi connectivity index (χ0n) is 13.4. The molecule has 0 aromatic heterocycles. The highest BCUT2D eigenvalue weighted by molar-refractivity contribution is 6.36. The van der Waals surface area contributed by atoms with Crippen LogP contribution < -0.4 is 10.6 Å². The molecule has 23 heavy (non-hydrogen) atoms. The van der Waals surface area contributed by atoms with Crippen LogP contribution >= 0.6 is 23.2 Å². The number of morpholine rings is 1. The lowest BCUT2D eigenvalue weighted by atomic mass is 10.2. The van der Waals surface area contributed by atoms with Crippen LogP contribution in [-0.2, 0) is 4.74 Å². The number of anilines is 1. The summed E-state index contributed by atoms with van der Waals surface area (Å²) in [6.07, 6.45) is 0.00828. The largest absolute Gasteiger partial charge is 0.374 e. The van der Waals surface area contributed by atoms with Crippen molar-refractivity contribution in [3.05, 3.63) is 28.2 Å². The number of hydrogen-bond acceptors (Lipinski definition) is 3. The van der Waals surface area contributed by atoms with Crippen LogP contribution in [0.15, 0.2) is 18.2 Å². The molecule has 128 valence electrons. The monoisotopic (exact) mass is 359 g/mol. The van der Waals surface area contributed by atoms with Crippen molar-refractivity contribution in [1.29, 1.82) is 0 Å². The third-order valence-electron chi connectivity index (χ3n) is 3.52. The Hall–Kier alpha value is -1.01. The number of carbonyl (C=O) groups excluding carboxylic acids is 1. The number of carbonyl (C=O) groups is 1. The first-order chi connectivity index (χ1) is 10.9. The first kappa shape index (κ1) is 18.3. The van der Waals surface area contributed by atoms with Crippen molar-refractivity contribution in [2.45, 2.75) is 20.0 Å². The average Bonchev–Trinajstić information content (AvgIpc) is 2.48. The van der Waals surface area contributed by atoms with Gasteiger partial charge in [-0.05, 0) is 24.1 Å². The summed E-state index contributed by atoms with van der Waals surface area (Å²) < 4.78 is 5.70. The van der Waals surface area contributed by atoms with Gasteiger partial charge in [0, 0.05) is 31.2 Å². The molecule has 7 heteroatoms. The molecule has 2 N–H and O–H groups in total. The van der Waals surface area contributed by atoms with Crippen molar-refractivity contribution < 1.29 is 9.53 Å². The lowest BCUT2D eigenvalue weighted by Crippen LogP contribution is -2.48. The SMILES string of the molecule is CC(C)CN1CCOC(CNC(=O)Nc2ccc(Cl)cc2Cl)C1.